The second-order valence-corrected chi connectivity index (χ2v) is 11.3. The number of rotatable bonds is 32. The molecule has 4 atom stereocenters. The van der Waals surface area contributed by atoms with E-state index in [2.05, 4.69) is 4.74 Å². The number of esters is 5. The maximum atomic E-state index is 12.3. The third-order valence-electron chi connectivity index (χ3n) is 6.73. The second kappa shape index (κ2) is 30.6. The Hall–Kier alpha value is -3.22. The van der Waals surface area contributed by atoms with E-state index in [9.17, 15) is 28.8 Å². The van der Waals surface area contributed by atoms with Gasteiger partial charge in [-0.2, -0.15) is 0 Å². The van der Waals surface area contributed by atoms with Crippen molar-refractivity contribution >= 4 is 35.6 Å². The minimum atomic E-state index is -1.23. The number of hydrogen-bond donors (Lipinski definition) is 3. The number of aliphatic hydroxyl groups is 3. The molecule has 0 heterocycles. The predicted molar refractivity (Wildman–Crippen MR) is 172 cm³/mol. The summed E-state index contributed by atoms with van der Waals surface area (Å²) >= 11 is 0. The Morgan fingerprint density at radius 1 is 0.540 bits per heavy atom. The van der Waals surface area contributed by atoms with Gasteiger partial charge < -0.3 is 53.2 Å². The van der Waals surface area contributed by atoms with Crippen molar-refractivity contribution in [1.29, 1.82) is 0 Å². The second-order valence-electron chi connectivity index (χ2n) is 11.3. The van der Waals surface area contributed by atoms with Crippen LogP contribution in [-0.4, -0.2) is 142 Å². The minimum Gasteiger partial charge on any atom is -0.463 e. The number of carbonyl (C=O) groups is 6. The Labute approximate surface area is 293 Å². The lowest BCUT2D eigenvalue weighted by Gasteiger charge is -2.19. The number of ketones is 1. The highest BCUT2D eigenvalue weighted by Gasteiger charge is 2.21. The summed E-state index contributed by atoms with van der Waals surface area (Å²) in [5.41, 5.74) is 0. The fraction of sp³-hybridized carbons (Fsp3) is 0.818. The summed E-state index contributed by atoms with van der Waals surface area (Å²) in [4.78, 5) is 71.4. The van der Waals surface area contributed by atoms with E-state index in [0.717, 1.165) is 6.42 Å². The molecule has 0 aromatic heterocycles. The summed E-state index contributed by atoms with van der Waals surface area (Å²) in [6.45, 7) is 2.89. The Kier molecular flexibility index (Phi) is 28.6. The zero-order chi connectivity index (χ0) is 37.6. The molecule has 0 spiro atoms. The highest BCUT2D eigenvalue weighted by molar-refractivity contribution is 5.84. The van der Waals surface area contributed by atoms with Crippen LogP contribution < -0.4 is 0 Å². The van der Waals surface area contributed by atoms with E-state index >= 15 is 0 Å². The SMILES string of the molecule is CC(CC(=O)CCCCCO)C(=O)OCCOCC(COCCOC(=O)C(C)OC(=O)CCCCCO)OCCOC(=O)C(C)OC(=O)CO. The van der Waals surface area contributed by atoms with Crippen molar-refractivity contribution in [2.24, 2.45) is 5.92 Å². The molecule has 0 aromatic rings. The topological polar surface area (TPSA) is 237 Å². The van der Waals surface area contributed by atoms with Crippen LogP contribution in [0.2, 0.25) is 0 Å². The largest absolute Gasteiger partial charge is 0.463 e. The van der Waals surface area contributed by atoms with Crippen molar-refractivity contribution < 1.29 is 82.0 Å². The van der Waals surface area contributed by atoms with Gasteiger partial charge in [0.05, 0.1) is 39.0 Å². The quantitative estimate of drug-likeness (QED) is 0.0489. The average molecular weight is 725 g/mol. The van der Waals surface area contributed by atoms with Gasteiger partial charge in [-0.1, -0.05) is 19.8 Å². The molecule has 17 heteroatoms. The highest BCUT2D eigenvalue weighted by atomic mass is 16.6. The smallest absolute Gasteiger partial charge is 0.347 e. The number of hydrogen-bond acceptors (Lipinski definition) is 17. The fourth-order valence-electron chi connectivity index (χ4n) is 3.99. The molecular formula is C33H56O17. The third-order valence-corrected chi connectivity index (χ3v) is 6.73. The van der Waals surface area contributed by atoms with Crippen molar-refractivity contribution in [1.82, 2.24) is 0 Å². The number of ether oxygens (including phenoxy) is 8. The van der Waals surface area contributed by atoms with Gasteiger partial charge in [-0.05, 0) is 39.5 Å². The van der Waals surface area contributed by atoms with Gasteiger partial charge in [-0.15, -0.1) is 0 Å². The van der Waals surface area contributed by atoms with Gasteiger partial charge in [0.1, 0.15) is 38.3 Å². The number of carbonyl (C=O) groups excluding carboxylic acids is 6. The maximum absolute atomic E-state index is 12.3. The van der Waals surface area contributed by atoms with Gasteiger partial charge in [0.2, 0.25) is 0 Å². The lowest BCUT2D eigenvalue weighted by Crippen LogP contribution is -2.31. The number of aliphatic hydroxyl groups excluding tert-OH is 3. The van der Waals surface area contributed by atoms with E-state index < -0.39 is 60.7 Å². The van der Waals surface area contributed by atoms with Gasteiger partial charge in [-0.25, -0.2) is 14.4 Å². The van der Waals surface area contributed by atoms with Gasteiger partial charge >= 0.3 is 29.8 Å². The molecule has 0 saturated heterocycles. The van der Waals surface area contributed by atoms with Crippen LogP contribution in [0.15, 0.2) is 0 Å². The van der Waals surface area contributed by atoms with E-state index in [-0.39, 0.29) is 84.7 Å². The summed E-state index contributed by atoms with van der Waals surface area (Å²) < 4.78 is 41.8. The van der Waals surface area contributed by atoms with E-state index in [1.165, 1.54) is 13.8 Å². The molecular weight excluding hydrogens is 668 g/mol. The molecule has 0 aliphatic rings. The van der Waals surface area contributed by atoms with Crippen LogP contribution in [0.3, 0.4) is 0 Å². The van der Waals surface area contributed by atoms with Crippen LogP contribution in [0.1, 0.15) is 78.6 Å². The normalized spacial score (nSPS) is 13.4. The first-order chi connectivity index (χ1) is 23.9. The zero-order valence-electron chi connectivity index (χ0n) is 29.5. The van der Waals surface area contributed by atoms with Gasteiger partial charge in [0.15, 0.2) is 12.2 Å². The van der Waals surface area contributed by atoms with Crippen LogP contribution in [0.4, 0.5) is 0 Å². The molecule has 0 amide bonds. The number of unbranched alkanes of at least 4 members (excludes halogenated alkanes) is 4. The summed E-state index contributed by atoms with van der Waals surface area (Å²) in [6, 6.07) is 0. The average Bonchev–Trinajstić information content (AvgIpc) is 3.09. The lowest BCUT2D eigenvalue weighted by molar-refractivity contribution is -0.170. The molecule has 4 unspecified atom stereocenters. The van der Waals surface area contributed by atoms with Crippen molar-refractivity contribution in [2.45, 2.75) is 96.9 Å². The van der Waals surface area contributed by atoms with E-state index in [1.807, 2.05) is 0 Å². The fourth-order valence-corrected chi connectivity index (χ4v) is 3.99. The molecule has 0 aliphatic heterocycles. The zero-order valence-corrected chi connectivity index (χ0v) is 29.5. The molecule has 50 heavy (non-hydrogen) atoms. The molecule has 0 aliphatic carbocycles. The summed E-state index contributed by atoms with van der Waals surface area (Å²) in [5.74, 6) is -4.33. The standard InChI is InChI=1S/C33H56O17/c1-24(20-27(37)10-6-4-8-12-34)31(40)46-16-14-43-22-28(45-18-19-48-33(42)26(3)50-30(39)21-36)23-44-15-17-47-32(41)25(2)49-29(38)11-7-5-9-13-35/h24-26,28,34-36H,4-23H2,1-3H3. The van der Waals surface area contributed by atoms with E-state index in [0.29, 0.717) is 38.5 Å². The van der Waals surface area contributed by atoms with Crippen molar-refractivity contribution in [3.8, 4) is 0 Å². The van der Waals surface area contributed by atoms with Crippen LogP contribution in [0, 0.1) is 5.92 Å². The lowest BCUT2D eigenvalue weighted by atomic mass is 10.0. The minimum absolute atomic E-state index is 0.00576. The highest BCUT2D eigenvalue weighted by Crippen LogP contribution is 2.10. The summed E-state index contributed by atoms with van der Waals surface area (Å²) in [7, 11) is 0. The molecule has 290 valence electrons. The van der Waals surface area contributed by atoms with Crippen LogP contribution in [0.5, 0.6) is 0 Å². The van der Waals surface area contributed by atoms with E-state index in [4.69, 9.17) is 48.5 Å². The first-order valence-corrected chi connectivity index (χ1v) is 16.9. The number of Topliss-reactive ketones (excluding diaryl/α,β-unsaturated/α-hetero) is 1. The maximum Gasteiger partial charge on any atom is 0.347 e. The molecule has 0 fully saturated rings. The Morgan fingerprint density at radius 2 is 1.02 bits per heavy atom. The molecule has 0 bridgehead atoms. The van der Waals surface area contributed by atoms with Crippen LogP contribution >= 0.6 is 0 Å². The molecule has 0 aromatic carbocycles. The van der Waals surface area contributed by atoms with Gasteiger partial charge in [-0.3, -0.25) is 14.4 Å². The molecule has 17 nitrogen and oxygen atoms in total. The van der Waals surface area contributed by atoms with Crippen molar-refractivity contribution in [2.75, 3.05) is 72.7 Å². The predicted octanol–water partition coefficient (Wildman–Crippen LogP) is 0.591. The van der Waals surface area contributed by atoms with Gasteiger partial charge in [0, 0.05) is 32.5 Å². The van der Waals surface area contributed by atoms with Crippen LogP contribution in [0.25, 0.3) is 0 Å². The molecule has 3 N–H and O–H groups in total. The van der Waals surface area contributed by atoms with Crippen molar-refractivity contribution in [3.63, 3.8) is 0 Å². The first kappa shape index (κ1) is 46.8. The monoisotopic (exact) mass is 724 g/mol. The first-order valence-electron chi connectivity index (χ1n) is 16.9. The van der Waals surface area contributed by atoms with Gasteiger partial charge in [0.25, 0.3) is 0 Å². The Balaban J connectivity index is 4.64. The molecule has 0 radical (unpaired) electrons. The summed E-state index contributed by atoms with van der Waals surface area (Å²) in [6.07, 6.45) is 1.27. The third kappa shape index (κ3) is 25.7. The Morgan fingerprint density at radius 3 is 1.54 bits per heavy atom. The summed E-state index contributed by atoms with van der Waals surface area (Å²) in [5, 5.41) is 26.3. The van der Waals surface area contributed by atoms with E-state index in [1.54, 1.807) is 6.92 Å². The van der Waals surface area contributed by atoms with Crippen LogP contribution in [-0.2, 0) is 66.7 Å². The molecule has 0 rings (SSSR count). The molecule has 0 saturated carbocycles. The Bertz CT molecular complexity index is 918. The van der Waals surface area contributed by atoms with Crippen molar-refractivity contribution in [3.05, 3.63) is 0 Å².